The van der Waals surface area contributed by atoms with Crippen LogP contribution < -0.4 is 10.1 Å². The molecule has 0 saturated heterocycles. The molecule has 1 amide bonds. The number of rotatable bonds is 6. The molecule has 1 atom stereocenters. The van der Waals surface area contributed by atoms with E-state index in [1.165, 1.54) is 25.1 Å². The van der Waals surface area contributed by atoms with Crippen LogP contribution in [0.5, 0.6) is 5.75 Å². The molecular weight excluding hydrogens is 351 g/mol. The van der Waals surface area contributed by atoms with Gasteiger partial charge in [0.15, 0.2) is 24.3 Å². The van der Waals surface area contributed by atoms with Gasteiger partial charge >= 0.3 is 5.97 Å². The zero-order valence-corrected chi connectivity index (χ0v) is 14.5. The van der Waals surface area contributed by atoms with Crippen molar-refractivity contribution in [2.24, 2.45) is 0 Å². The molecule has 6 nitrogen and oxygen atoms in total. The normalized spacial score (nSPS) is 11.6. The second-order valence-corrected chi connectivity index (χ2v) is 5.72. The van der Waals surface area contributed by atoms with Gasteiger partial charge in [0.05, 0.1) is 11.2 Å². The summed E-state index contributed by atoms with van der Waals surface area (Å²) in [6.07, 6.45) is 0.613. The lowest BCUT2D eigenvalue weighted by molar-refractivity contribution is -0.155. The van der Waals surface area contributed by atoms with E-state index in [1.54, 1.807) is 30.5 Å². The van der Waals surface area contributed by atoms with Crippen molar-refractivity contribution in [1.82, 2.24) is 4.98 Å². The monoisotopic (exact) mass is 368 g/mol. The number of halogens is 1. The third kappa shape index (κ3) is 4.58. The summed E-state index contributed by atoms with van der Waals surface area (Å²) in [5, 5.41) is 3.49. The first-order chi connectivity index (χ1) is 13.0. The Bertz CT molecular complexity index is 972. The van der Waals surface area contributed by atoms with Crippen LogP contribution in [-0.2, 0) is 14.3 Å². The van der Waals surface area contributed by atoms with Crippen LogP contribution in [0.1, 0.15) is 6.92 Å². The number of nitrogens with zero attached hydrogens (tertiary/aromatic N) is 1. The Hall–Kier alpha value is -3.48. The maximum Gasteiger partial charge on any atom is 0.344 e. The third-order valence-electron chi connectivity index (χ3n) is 3.76. The summed E-state index contributed by atoms with van der Waals surface area (Å²) in [4.78, 5) is 28.4. The number of fused-ring (bicyclic) bond motifs is 1. The number of aromatic nitrogens is 1. The second-order valence-electron chi connectivity index (χ2n) is 5.72. The molecule has 7 heteroatoms. The lowest BCUT2D eigenvalue weighted by Gasteiger charge is -2.15. The Morgan fingerprint density at radius 3 is 2.74 bits per heavy atom. The Balaban J connectivity index is 1.57. The van der Waals surface area contributed by atoms with Crippen LogP contribution in [0.3, 0.4) is 0 Å². The van der Waals surface area contributed by atoms with E-state index in [1.807, 2.05) is 12.1 Å². The number of anilines is 1. The summed E-state index contributed by atoms with van der Waals surface area (Å²) in [5.41, 5.74) is 1.30. The molecule has 0 radical (unpaired) electrons. The molecule has 1 N–H and O–H groups in total. The van der Waals surface area contributed by atoms with E-state index in [4.69, 9.17) is 9.47 Å². The van der Waals surface area contributed by atoms with Crippen molar-refractivity contribution < 1.29 is 23.5 Å². The molecule has 1 unspecified atom stereocenters. The van der Waals surface area contributed by atoms with E-state index in [2.05, 4.69) is 10.3 Å². The molecule has 27 heavy (non-hydrogen) atoms. The van der Waals surface area contributed by atoms with Gasteiger partial charge in [-0.2, -0.15) is 0 Å². The summed E-state index contributed by atoms with van der Waals surface area (Å²) >= 11 is 0. The van der Waals surface area contributed by atoms with Gasteiger partial charge in [0.1, 0.15) is 0 Å². The molecule has 0 spiro atoms. The van der Waals surface area contributed by atoms with Crippen molar-refractivity contribution in [1.29, 1.82) is 0 Å². The Morgan fingerprint density at radius 2 is 1.93 bits per heavy atom. The number of hydrogen-bond acceptors (Lipinski definition) is 5. The summed E-state index contributed by atoms with van der Waals surface area (Å²) < 4.78 is 23.6. The number of benzene rings is 2. The fraction of sp³-hybridized carbons (Fsp3) is 0.150. The minimum Gasteiger partial charge on any atom is -0.479 e. The predicted octanol–water partition coefficient (Wildman–Crippen LogP) is 3.32. The quantitative estimate of drug-likeness (QED) is 0.676. The van der Waals surface area contributed by atoms with Crippen LogP contribution in [0.2, 0.25) is 0 Å². The summed E-state index contributed by atoms with van der Waals surface area (Å²) in [5.74, 6) is -1.92. The smallest absolute Gasteiger partial charge is 0.344 e. The molecule has 0 fully saturated rings. The number of ether oxygens (including phenoxy) is 2. The van der Waals surface area contributed by atoms with E-state index in [0.717, 1.165) is 10.9 Å². The van der Waals surface area contributed by atoms with Gasteiger partial charge < -0.3 is 14.8 Å². The highest BCUT2D eigenvalue weighted by molar-refractivity contribution is 6.02. The van der Waals surface area contributed by atoms with Gasteiger partial charge in [-0.15, -0.1) is 0 Å². The number of carbonyl (C=O) groups is 2. The molecule has 1 heterocycles. The highest BCUT2D eigenvalue weighted by Gasteiger charge is 2.19. The van der Waals surface area contributed by atoms with Gasteiger partial charge in [-0.1, -0.05) is 18.2 Å². The first kappa shape index (κ1) is 18.3. The van der Waals surface area contributed by atoms with Crippen molar-refractivity contribution in [3.05, 3.63) is 66.6 Å². The molecule has 0 aliphatic heterocycles. The molecule has 1 aromatic heterocycles. The summed E-state index contributed by atoms with van der Waals surface area (Å²) in [6.45, 7) is 0.941. The zero-order valence-electron chi connectivity index (χ0n) is 14.5. The predicted molar refractivity (Wildman–Crippen MR) is 97.8 cm³/mol. The molecule has 3 aromatic rings. The summed E-state index contributed by atoms with van der Waals surface area (Å²) in [6, 6.07) is 14.6. The molecule has 0 bridgehead atoms. The fourth-order valence-electron chi connectivity index (χ4n) is 2.43. The molecule has 2 aromatic carbocycles. The number of carbonyl (C=O) groups excluding carboxylic acids is 2. The Labute approximate surface area is 154 Å². The first-order valence-electron chi connectivity index (χ1n) is 8.26. The lowest BCUT2D eigenvalue weighted by Crippen LogP contribution is -2.31. The van der Waals surface area contributed by atoms with E-state index in [9.17, 15) is 14.0 Å². The Kier molecular flexibility index (Phi) is 5.61. The van der Waals surface area contributed by atoms with Gasteiger partial charge in [0.2, 0.25) is 0 Å². The molecule has 0 saturated carbocycles. The van der Waals surface area contributed by atoms with Gasteiger partial charge in [-0.05, 0) is 43.3 Å². The minimum atomic E-state index is -1.05. The number of nitrogens with one attached hydrogen (secondary N) is 1. The van der Waals surface area contributed by atoms with Gasteiger partial charge in [0, 0.05) is 11.6 Å². The van der Waals surface area contributed by atoms with Crippen LogP contribution in [0.4, 0.5) is 10.1 Å². The number of amides is 1. The number of para-hydroxylation sites is 1. The van der Waals surface area contributed by atoms with Crippen molar-refractivity contribution in [3.8, 4) is 5.75 Å². The van der Waals surface area contributed by atoms with Gasteiger partial charge in [-0.3, -0.25) is 9.78 Å². The van der Waals surface area contributed by atoms with Crippen LogP contribution >= 0.6 is 0 Å². The standard InChI is InChI=1S/C20H17FN2O4/c1-13(27-19(24)12-26-18-10-3-2-7-15(18)21)20(25)23-17-9-4-8-16-14(17)6-5-11-22-16/h2-11,13H,12H2,1H3,(H,23,25). The average Bonchev–Trinajstić information content (AvgIpc) is 2.67. The minimum absolute atomic E-state index is 0.0604. The van der Waals surface area contributed by atoms with Crippen molar-refractivity contribution >= 4 is 28.5 Å². The molecular formula is C20H17FN2O4. The third-order valence-corrected chi connectivity index (χ3v) is 3.76. The van der Waals surface area contributed by atoms with E-state index in [-0.39, 0.29) is 5.75 Å². The number of hydrogen-bond donors (Lipinski definition) is 1. The first-order valence-corrected chi connectivity index (χ1v) is 8.26. The SMILES string of the molecule is CC(OC(=O)COc1ccccc1F)C(=O)Nc1cccc2ncccc12. The highest BCUT2D eigenvalue weighted by Crippen LogP contribution is 2.21. The molecule has 138 valence electrons. The Morgan fingerprint density at radius 1 is 1.11 bits per heavy atom. The number of esters is 1. The second kappa shape index (κ2) is 8.27. The maximum atomic E-state index is 13.5. The van der Waals surface area contributed by atoms with E-state index in [0.29, 0.717) is 5.69 Å². The maximum absolute atomic E-state index is 13.5. The molecule has 0 aliphatic rings. The molecule has 3 rings (SSSR count). The average molecular weight is 368 g/mol. The van der Waals surface area contributed by atoms with Crippen LogP contribution in [-0.4, -0.2) is 29.6 Å². The van der Waals surface area contributed by atoms with Crippen molar-refractivity contribution in [2.45, 2.75) is 13.0 Å². The topological polar surface area (TPSA) is 77.5 Å². The fourth-order valence-corrected chi connectivity index (χ4v) is 2.43. The molecule has 0 aliphatic carbocycles. The zero-order chi connectivity index (χ0) is 19.2. The number of pyridine rings is 1. The lowest BCUT2D eigenvalue weighted by atomic mass is 10.2. The largest absolute Gasteiger partial charge is 0.479 e. The van der Waals surface area contributed by atoms with Crippen LogP contribution in [0.15, 0.2) is 60.8 Å². The van der Waals surface area contributed by atoms with Crippen LogP contribution in [0.25, 0.3) is 10.9 Å². The van der Waals surface area contributed by atoms with Gasteiger partial charge in [-0.25, -0.2) is 9.18 Å². The highest BCUT2D eigenvalue weighted by atomic mass is 19.1. The van der Waals surface area contributed by atoms with E-state index >= 15 is 0 Å². The summed E-state index contributed by atoms with van der Waals surface area (Å²) in [7, 11) is 0. The van der Waals surface area contributed by atoms with Crippen molar-refractivity contribution in [2.75, 3.05) is 11.9 Å². The van der Waals surface area contributed by atoms with Crippen LogP contribution in [0, 0.1) is 5.82 Å². The van der Waals surface area contributed by atoms with Crippen molar-refractivity contribution in [3.63, 3.8) is 0 Å². The van der Waals surface area contributed by atoms with E-state index < -0.39 is 30.4 Å². The van der Waals surface area contributed by atoms with Gasteiger partial charge in [0.25, 0.3) is 5.91 Å².